The molecule has 11 heteroatoms. The smallest absolute Gasteiger partial charge is 0.286 e. The Labute approximate surface area is 232 Å². The van der Waals surface area contributed by atoms with Crippen molar-refractivity contribution in [2.45, 2.75) is 32.1 Å². The highest BCUT2D eigenvalue weighted by Crippen LogP contribution is 2.42. The number of hydrogen-bond donors (Lipinski definition) is 3. The van der Waals surface area contributed by atoms with E-state index >= 15 is 0 Å². The van der Waals surface area contributed by atoms with Crippen LogP contribution in [0.2, 0.25) is 0 Å². The van der Waals surface area contributed by atoms with Gasteiger partial charge in [0.15, 0.2) is 17.3 Å². The minimum Gasteiger partial charge on any atom is -0.459 e. The molecule has 5 rings (SSSR count). The third kappa shape index (κ3) is 6.73. The summed E-state index contributed by atoms with van der Waals surface area (Å²) in [5.74, 6) is 1.49. The Morgan fingerprint density at radius 3 is 2.75 bits per heavy atom. The van der Waals surface area contributed by atoms with Crippen LogP contribution in [-0.4, -0.2) is 73.7 Å². The molecule has 40 heavy (non-hydrogen) atoms. The third-order valence-electron chi connectivity index (χ3n) is 6.78. The number of fused-ring (bicyclic) bond motifs is 2. The fourth-order valence-corrected chi connectivity index (χ4v) is 4.88. The lowest BCUT2D eigenvalue weighted by Gasteiger charge is -2.37. The van der Waals surface area contributed by atoms with Crippen LogP contribution in [0, 0.1) is 5.92 Å². The lowest BCUT2D eigenvalue weighted by atomic mass is 9.81. The second-order valence-corrected chi connectivity index (χ2v) is 9.40. The van der Waals surface area contributed by atoms with Crippen molar-refractivity contribution >= 4 is 16.9 Å². The van der Waals surface area contributed by atoms with E-state index in [0.717, 1.165) is 16.6 Å². The summed E-state index contributed by atoms with van der Waals surface area (Å²) >= 11 is 0. The number of imidazole rings is 1. The predicted molar refractivity (Wildman–Crippen MR) is 145 cm³/mol. The molecular weight excluding hydrogens is 518 g/mol. The molecule has 3 atom stereocenters. The molecule has 0 saturated heterocycles. The summed E-state index contributed by atoms with van der Waals surface area (Å²) in [7, 11) is 0. The fourth-order valence-electron chi connectivity index (χ4n) is 4.88. The Balaban J connectivity index is 1.32. The van der Waals surface area contributed by atoms with E-state index < -0.39 is 6.29 Å². The molecule has 0 bridgehead atoms. The van der Waals surface area contributed by atoms with E-state index in [-0.39, 0.29) is 50.1 Å². The molecule has 214 valence electrons. The molecule has 0 radical (unpaired) electrons. The van der Waals surface area contributed by atoms with Crippen molar-refractivity contribution in [3.63, 3.8) is 0 Å². The Hall–Kier alpha value is -3.64. The standard InChI is InChI=1S/C29H35N3O8/c1-2-37-29-20(9-11-35-13-14-36-12-10-33)21(19-7-8-24-25(15-19)39-18-38-24)16-26(40-29)28(34)30-17-27-31-22-5-3-4-6-23(22)32-27/h3-8,15-16,20-21,29,33H,2,9-14,17-18H2,1H3,(H,30,34)(H,31,32)/t20-,21-,29-/m0/s1. The van der Waals surface area contributed by atoms with Gasteiger partial charge in [0.1, 0.15) is 5.82 Å². The number of aliphatic hydroxyl groups is 1. The minimum absolute atomic E-state index is 0.0207. The zero-order valence-electron chi connectivity index (χ0n) is 22.5. The van der Waals surface area contributed by atoms with E-state index in [9.17, 15) is 4.79 Å². The number of benzene rings is 2. The number of allylic oxidation sites excluding steroid dienone is 1. The van der Waals surface area contributed by atoms with Crippen LogP contribution in [0.5, 0.6) is 11.5 Å². The largest absolute Gasteiger partial charge is 0.459 e. The molecule has 0 spiro atoms. The number of amides is 1. The van der Waals surface area contributed by atoms with Crippen LogP contribution < -0.4 is 14.8 Å². The van der Waals surface area contributed by atoms with Gasteiger partial charge in [0.25, 0.3) is 5.91 Å². The number of aromatic nitrogens is 2. The van der Waals surface area contributed by atoms with Crippen molar-refractivity contribution in [2.75, 3.05) is 46.4 Å². The topological polar surface area (TPSA) is 133 Å². The van der Waals surface area contributed by atoms with Crippen LogP contribution in [0.4, 0.5) is 0 Å². The number of para-hydroxylation sites is 2. The van der Waals surface area contributed by atoms with Crippen LogP contribution in [0.25, 0.3) is 11.0 Å². The number of ether oxygens (including phenoxy) is 6. The highest BCUT2D eigenvalue weighted by atomic mass is 16.7. The van der Waals surface area contributed by atoms with E-state index in [4.69, 9.17) is 33.5 Å². The summed E-state index contributed by atoms with van der Waals surface area (Å²) in [6, 6.07) is 13.5. The number of nitrogens with zero attached hydrogens (tertiary/aromatic N) is 1. The SMILES string of the molecule is CCO[C@H]1OC(C(=O)NCc2nc3ccccc3[nH]2)=C[C@@H](c2ccc3c(c2)OCO3)[C@@H]1CCOCCOCCO. The third-order valence-corrected chi connectivity index (χ3v) is 6.78. The van der Waals surface area contributed by atoms with E-state index in [1.165, 1.54) is 0 Å². The van der Waals surface area contributed by atoms with Crippen molar-refractivity contribution in [1.82, 2.24) is 15.3 Å². The Bertz CT molecular complexity index is 1280. The monoisotopic (exact) mass is 553 g/mol. The number of carbonyl (C=O) groups is 1. The number of H-pyrrole nitrogens is 1. The second-order valence-electron chi connectivity index (χ2n) is 9.40. The predicted octanol–water partition coefficient (Wildman–Crippen LogP) is 3.00. The average Bonchev–Trinajstić information content (AvgIpc) is 3.62. The molecule has 3 heterocycles. The van der Waals surface area contributed by atoms with Crippen LogP contribution in [0.3, 0.4) is 0 Å². The summed E-state index contributed by atoms with van der Waals surface area (Å²) in [5, 5.41) is 11.8. The van der Waals surface area contributed by atoms with Gasteiger partial charge in [-0.05, 0) is 49.2 Å². The van der Waals surface area contributed by atoms with E-state index in [1.54, 1.807) is 0 Å². The van der Waals surface area contributed by atoms with E-state index in [1.807, 2.05) is 55.5 Å². The normalized spacial score (nSPS) is 19.9. The number of rotatable bonds is 14. The molecule has 0 fully saturated rings. The van der Waals surface area contributed by atoms with Crippen LogP contribution >= 0.6 is 0 Å². The summed E-state index contributed by atoms with van der Waals surface area (Å²) in [4.78, 5) is 21.0. The molecule has 0 aliphatic carbocycles. The summed E-state index contributed by atoms with van der Waals surface area (Å²) in [6.07, 6.45) is 1.80. The molecule has 2 aliphatic rings. The molecule has 0 unspecified atom stereocenters. The lowest BCUT2D eigenvalue weighted by molar-refractivity contribution is -0.168. The van der Waals surface area contributed by atoms with Crippen molar-refractivity contribution in [1.29, 1.82) is 0 Å². The zero-order valence-corrected chi connectivity index (χ0v) is 22.5. The minimum atomic E-state index is -0.661. The summed E-state index contributed by atoms with van der Waals surface area (Å²) in [6.45, 7) is 4.22. The van der Waals surface area contributed by atoms with Gasteiger partial charge in [0, 0.05) is 25.0 Å². The number of nitrogens with one attached hydrogen (secondary N) is 2. The van der Waals surface area contributed by atoms with Gasteiger partial charge in [-0.25, -0.2) is 4.98 Å². The molecule has 2 aromatic carbocycles. The molecule has 11 nitrogen and oxygen atoms in total. The number of carbonyl (C=O) groups excluding carboxylic acids is 1. The van der Waals surface area contributed by atoms with Gasteiger partial charge in [0.05, 0.1) is 44.0 Å². The lowest BCUT2D eigenvalue weighted by Crippen LogP contribution is -2.39. The fraction of sp³-hybridized carbons (Fsp3) is 0.448. The maximum absolute atomic E-state index is 13.3. The molecule has 1 aromatic heterocycles. The van der Waals surface area contributed by atoms with Crippen molar-refractivity contribution in [3.8, 4) is 11.5 Å². The molecule has 0 saturated carbocycles. The van der Waals surface area contributed by atoms with Crippen LogP contribution in [-0.2, 0) is 30.3 Å². The Morgan fingerprint density at radius 1 is 1.10 bits per heavy atom. The first-order valence-electron chi connectivity index (χ1n) is 13.5. The van der Waals surface area contributed by atoms with Gasteiger partial charge in [-0.3, -0.25) is 4.79 Å². The molecule has 1 amide bonds. The van der Waals surface area contributed by atoms with Crippen LogP contribution in [0.1, 0.15) is 30.7 Å². The maximum Gasteiger partial charge on any atom is 0.286 e. The van der Waals surface area contributed by atoms with Crippen molar-refractivity contribution < 1.29 is 38.3 Å². The highest BCUT2D eigenvalue weighted by molar-refractivity contribution is 5.91. The first kappa shape index (κ1) is 27.9. The first-order chi connectivity index (χ1) is 19.7. The maximum atomic E-state index is 13.3. The zero-order chi connectivity index (χ0) is 27.7. The van der Waals surface area contributed by atoms with Gasteiger partial charge in [0.2, 0.25) is 13.1 Å². The van der Waals surface area contributed by atoms with Crippen LogP contribution in [0.15, 0.2) is 54.3 Å². The van der Waals surface area contributed by atoms with Gasteiger partial charge in [-0.15, -0.1) is 0 Å². The van der Waals surface area contributed by atoms with Gasteiger partial charge in [-0.1, -0.05) is 18.2 Å². The Kier molecular flexibility index (Phi) is 9.50. The van der Waals surface area contributed by atoms with Crippen molar-refractivity contribution in [3.05, 3.63) is 65.7 Å². The molecule has 3 aromatic rings. The van der Waals surface area contributed by atoms with E-state index in [2.05, 4.69) is 15.3 Å². The van der Waals surface area contributed by atoms with Crippen molar-refractivity contribution in [2.24, 2.45) is 5.92 Å². The van der Waals surface area contributed by atoms with Gasteiger partial charge >= 0.3 is 0 Å². The number of aliphatic hydroxyl groups excluding tert-OH is 1. The quantitative estimate of drug-likeness (QED) is 0.258. The van der Waals surface area contributed by atoms with Gasteiger partial charge in [-0.2, -0.15) is 0 Å². The van der Waals surface area contributed by atoms with Gasteiger partial charge < -0.3 is 43.8 Å². The highest BCUT2D eigenvalue weighted by Gasteiger charge is 2.38. The number of aromatic amines is 1. The molecule has 3 N–H and O–H groups in total. The number of hydrogen-bond acceptors (Lipinski definition) is 9. The van der Waals surface area contributed by atoms with E-state index in [0.29, 0.717) is 50.2 Å². The average molecular weight is 554 g/mol. The second kappa shape index (κ2) is 13.6. The molecule has 2 aliphatic heterocycles. The Morgan fingerprint density at radius 2 is 1.93 bits per heavy atom. The summed E-state index contributed by atoms with van der Waals surface area (Å²) < 4.78 is 34.3. The summed E-state index contributed by atoms with van der Waals surface area (Å²) in [5.41, 5.74) is 2.70. The molecular formula is C29H35N3O8. The first-order valence-corrected chi connectivity index (χ1v) is 13.5.